The van der Waals surface area contributed by atoms with Crippen LogP contribution >= 0.6 is 0 Å². The van der Waals surface area contributed by atoms with Crippen LogP contribution in [0.1, 0.15) is 0 Å². The molecule has 2 N–H and O–H groups in total. The minimum atomic E-state index is -4.20. The number of carbonyl (C=O) groups excluding carboxylic acids is 1. The zero-order valence-electron chi connectivity index (χ0n) is 5.50. The molecule has 66 valence electrons. The molecule has 0 heterocycles. The molecule has 0 aromatic heterocycles. The van der Waals surface area contributed by atoms with Gasteiger partial charge in [-0.15, -0.1) is 0 Å². The van der Waals surface area contributed by atoms with E-state index in [2.05, 4.69) is 4.74 Å². The van der Waals surface area contributed by atoms with Gasteiger partial charge in [0.1, 0.15) is 18.5 Å². The molecule has 0 aliphatic rings. The highest BCUT2D eigenvalue weighted by Crippen LogP contribution is 1.90. The van der Waals surface area contributed by atoms with Crippen molar-refractivity contribution in [2.45, 2.75) is 6.10 Å². The summed E-state index contributed by atoms with van der Waals surface area (Å²) >= 11 is 0. The van der Waals surface area contributed by atoms with Gasteiger partial charge >= 0.3 is 0 Å². The number of carbonyl (C=O) groups is 1. The van der Waals surface area contributed by atoms with Gasteiger partial charge in [-0.1, -0.05) is 0 Å². The van der Waals surface area contributed by atoms with Crippen LogP contribution in [0.3, 0.4) is 0 Å². The van der Waals surface area contributed by atoms with Gasteiger partial charge in [0, 0.05) is 0 Å². The molecule has 0 rings (SSSR count). The minimum absolute atomic E-state index is 0.0766. The second kappa shape index (κ2) is 4.27. The van der Waals surface area contributed by atoms with Gasteiger partial charge < -0.3 is 9.84 Å². The topological polar surface area (TPSA) is 101 Å². The summed E-state index contributed by atoms with van der Waals surface area (Å²) in [4.78, 5) is 9.53. The molecule has 0 amide bonds. The van der Waals surface area contributed by atoms with Gasteiger partial charge in [-0.05, 0) is 0 Å². The molecule has 7 heteroatoms. The number of rotatable bonds is 5. The maximum absolute atomic E-state index is 10.1. The van der Waals surface area contributed by atoms with E-state index in [1.165, 1.54) is 0 Å². The Hall–Kier alpha value is -0.660. The third kappa shape index (κ3) is 7.23. The maximum Gasteiger partial charge on any atom is 0.293 e. The largest absolute Gasteiger partial charge is 0.465 e. The van der Waals surface area contributed by atoms with E-state index in [0.29, 0.717) is 0 Å². The number of hydrogen-bond acceptors (Lipinski definition) is 5. The average Bonchev–Trinajstić information content (AvgIpc) is 1.79. The molecule has 0 aromatic carbocycles. The van der Waals surface area contributed by atoms with Crippen molar-refractivity contribution < 1.29 is 27.6 Å². The molecule has 1 atom stereocenters. The van der Waals surface area contributed by atoms with Gasteiger partial charge in [-0.3, -0.25) is 9.35 Å². The summed E-state index contributed by atoms with van der Waals surface area (Å²) in [5.41, 5.74) is 0. The van der Waals surface area contributed by atoms with E-state index in [-0.39, 0.29) is 6.47 Å². The van der Waals surface area contributed by atoms with Crippen LogP contribution in [0, 0.1) is 0 Å². The Morgan fingerprint density at radius 1 is 1.55 bits per heavy atom. The Bertz CT molecular complexity index is 207. The molecule has 0 saturated carbocycles. The molecule has 0 spiro atoms. The zero-order valence-corrected chi connectivity index (χ0v) is 6.32. The molecule has 6 nitrogen and oxygen atoms in total. The van der Waals surface area contributed by atoms with Crippen LogP contribution in [-0.2, 0) is 19.6 Å². The monoisotopic (exact) mass is 184 g/mol. The van der Waals surface area contributed by atoms with Gasteiger partial charge in [0.2, 0.25) is 0 Å². The summed E-state index contributed by atoms with van der Waals surface area (Å²) in [6.45, 7) is -0.365. The van der Waals surface area contributed by atoms with Crippen molar-refractivity contribution in [3.63, 3.8) is 0 Å². The average molecular weight is 184 g/mol. The summed E-state index contributed by atoms with van der Waals surface area (Å²) in [6.07, 6.45) is -1.38. The Labute approximate surface area is 63.5 Å². The summed E-state index contributed by atoms with van der Waals surface area (Å²) in [5.74, 6) is -0.832. The third-order valence-electron chi connectivity index (χ3n) is 0.760. The quantitative estimate of drug-likeness (QED) is 0.394. The maximum atomic E-state index is 10.1. The van der Waals surface area contributed by atoms with Crippen molar-refractivity contribution >= 4 is 16.6 Å². The molecule has 0 fully saturated rings. The Morgan fingerprint density at radius 3 is 2.45 bits per heavy atom. The lowest BCUT2D eigenvalue weighted by Crippen LogP contribution is -2.24. The second-order valence-corrected chi connectivity index (χ2v) is 3.33. The molecule has 0 saturated heterocycles. The fourth-order valence-electron chi connectivity index (χ4n) is 0.442. The first-order chi connectivity index (χ1) is 4.95. The van der Waals surface area contributed by atoms with Crippen molar-refractivity contribution in [2.24, 2.45) is 0 Å². The van der Waals surface area contributed by atoms with E-state index in [4.69, 9.17) is 9.66 Å². The fourth-order valence-corrected chi connectivity index (χ4v) is 1.02. The minimum Gasteiger partial charge on any atom is -0.465 e. The van der Waals surface area contributed by atoms with E-state index in [0.717, 1.165) is 0 Å². The van der Waals surface area contributed by atoms with E-state index in [1.54, 1.807) is 0 Å². The first kappa shape index (κ1) is 10.3. The lowest BCUT2D eigenvalue weighted by atomic mass is 10.4. The summed E-state index contributed by atoms with van der Waals surface area (Å²) in [7, 11) is -4.20. The Balaban J connectivity index is 3.69. The molecule has 0 bridgehead atoms. The number of aliphatic hydroxyl groups excluding tert-OH is 1. The molecular formula is C4H8O6S. The summed E-state index contributed by atoms with van der Waals surface area (Å²) in [6, 6.07) is 0. The molecule has 0 aromatic rings. The Morgan fingerprint density at radius 2 is 2.09 bits per heavy atom. The van der Waals surface area contributed by atoms with Crippen molar-refractivity contribution in [1.29, 1.82) is 0 Å². The van der Waals surface area contributed by atoms with Gasteiger partial charge in [-0.25, -0.2) is 0 Å². The van der Waals surface area contributed by atoms with Gasteiger partial charge in [-0.2, -0.15) is 8.42 Å². The first-order valence-corrected chi connectivity index (χ1v) is 4.25. The lowest BCUT2D eigenvalue weighted by molar-refractivity contribution is -0.131. The van der Waals surface area contributed by atoms with E-state index in [9.17, 15) is 13.2 Å². The third-order valence-corrected chi connectivity index (χ3v) is 1.57. The molecule has 0 radical (unpaired) electrons. The van der Waals surface area contributed by atoms with Gasteiger partial charge in [0.25, 0.3) is 16.6 Å². The summed E-state index contributed by atoms with van der Waals surface area (Å²) < 4.78 is 32.3. The van der Waals surface area contributed by atoms with E-state index < -0.39 is 28.6 Å². The molecule has 0 aliphatic carbocycles. The first-order valence-electron chi connectivity index (χ1n) is 2.64. The van der Waals surface area contributed by atoms with Crippen LogP contribution in [0.4, 0.5) is 0 Å². The molecule has 1 unspecified atom stereocenters. The number of aliphatic hydroxyl groups is 1. The lowest BCUT2D eigenvalue weighted by Gasteiger charge is -2.05. The van der Waals surface area contributed by atoms with Crippen molar-refractivity contribution in [3.8, 4) is 0 Å². The highest BCUT2D eigenvalue weighted by atomic mass is 32.2. The second-order valence-electron chi connectivity index (χ2n) is 1.83. The highest BCUT2D eigenvalue weighted by molar-refractivity contribution is 7.85. The van der Waals surface area contributed by atoms with Crippen LogP contribution in [0.15, 0.2) is 0 Å². The van der Waals surface area contributed by atoms with E-state index in [1.807, 2.05) is 0 Å². The van der Waals surface area contributed by atoms with Crippen LogP contribution in [0.5, 0.6) is 0 Å². The predicted molar refractivity (Wildman–Crippen MR) is 34.4 cm³/mol. The fraction of sp³-hybridized carbons (Fsp3) is 0.750. The standard InChI is InChI=1S/C4H8O6S/c5-3-10-1-4(6)2-11(7,8)9/h3-4,6H,1-2H2,(H,7,8,9). The van der Waals surface area contributed by atoms with Crippen LogP contribution < -0.4 is 0 Å². The van der Waals surface area contributed by atoms with Gasteiger partial charge in [0.15, 0.2) is 0 Å². The normalized spacial score (nSPS) is 14.0. The SMILES string of the molecule is O=COCC(O)CS(=O)(=O)O. The number of ether oxygens (including phenoxy) is 1. The van der Waals surface area contributed by atoms with Crippen LogP contribution in [0.25, 0.3) is 0 Å². The summed E-state index contributed by atoms with van der Waals surface area (Å²) in [5, 5.41) is 8.69. The van der Waals surface area contributed by atoms with Crippen LogP contribution in [0.2, 0.25) is 0 Å². The zero-order chi connectivity index (χ0) is 8.91. The van der Waals surface area contributed by atoms with Crippen molar-refractivity contribution in [3.05, 3.63) is 0 Å². The Kier molecular flexibility index (Phi) is 4.01. The van der Waals surface area contributed by atoms with Gasteiger partial charge in [0.05, 0.1) is 0 Å². The predicted octanol–water partition coefficient (Wildman–Crippen LogP) is -1.59. The smallest absolute Gasteiger partial charge is 0.293 e. The number of hydrogen-bond donors (Lipinski definition) is 2. The molecular weight excluding hydrogens is 176 g/mol. The highest BCUT2D eigenvalue weighted by Gasteiger charge is 2.13. The molecule has 11 heavy (non-hydrogen) atoms. The van der Waals surface area contributed by atoms with E-state index >= 15 is 0 Å². The van der Waals surface area contributed by atoms with Crippen LogP contribution in [-0.4, -0.2) is 43.0 Å². The van der Waals surface area contributed by atoms with Crippen molar-refractivity contribution in [1.82, 2.24) is 0 Å². The van der Waals surface area contributed by atoms with Crippen molar-refractivity contribution in [2.75, 3.05) is 12.4 Å². The molecule has 0 aliphatic heterocycles.